The van der Waals surface area contributed by atoms with Gasteiger partial charge in [0.05, 0.1) is 6.10 Å². The molecule has 0 unspecified atom stereocenters. The van der Waals surface area contributed by atoms with Crippen molar-refractivity contribution in [3.05, 3.63) is 0 Å². The standard InChI is InChI=1S/C20H32O2/c1-12-11-20(3)16(6-7-17(20)22)15-5-4-13-10-14(21)8-9-19(13,2)18(12)15/h12-16,18,21H,4-11H2,1-3H3/t12-,13+,14+,15-,16-,18-,19+,20-/m1/s1. The number of fused-ring (bicyclic) bond motifs is 5. The SMILES string of the molecule is C[C@@H]1C[C@@]2(C)C(=O)CC[C@@H]2[C@H]2CC[C@H]3C[C@@H](O)CC[C@]3(C)[C@@H]21. The van der Waals surface area contributed by atoms with Crippen LogP contribution in [-0.4, -0.2) is 17.0 Å². The van der Waals surface area contributed by atoms with Crippen LogP contribution in [0.3, 0.4) is 0 Å². The van der Waals surface area contributed by atoms with E-state index in [4.69, 9.17) is 0 Å². The van der Waals surface area contributed by atoms with Crippen LogP contribution in [-0.2, 0) is 4.79 Å². The van der Waals surface area contributed by atoms with E-state index < -0.39 is 0 Å². The lowest BCUT2D eigenvalue weighted by atomic mass is 9.43. The molecule has 4 saturated carbocycles. The van der Waals surface area contributed by atoms with Crippen LogP contribution >= 0.6 is 0 Å². The Bertz CT molecular complexity index is 486. The van der Waals surface area contributed by atoms with Crippen molar-refractivity contribution in [2.75, 3.05) is 0 Å². The summed E-state index contributed by atoms with van der Waals surface area (Å²) in [6.45, 7) is 7.22. The summed E-state index contributed by atoms with van der Waals surface area (Å²) in [5.41, 5.74) is 0.395. The third-order valence-corrected chi connectivity index (χ3v) is 8.59. The molecule has 0 radical (unpaired) electrons. The predicted molar refractivity (Wildman–Crippen MR) is 87.3 cm³/mol. The van der Waals surface area contributed by atoms with Gasteiger partial charge in [-0.1, -0.05) is 20.8 Å². The average Bonchev–Trinajstić information content (AvgIpc) is 2.75. The number of Topliss-reactive ketones (excluding diaryl/α,β-unsaturated/α-hetero) is 1. The van der Waals surface area contributed by atoms with Gasteiger partial charge < -0.3 is 5.11 Å². The lowest BCUT2D eigenvalue weighted by Crippen LogP contribution is -2.56. The lowest BCUT2D eigenvalue weighted by Gasteiger charge is -2.62. The summed E-state index contributed by atoms with van der Waals surface area (Å²) in [5.74, 6) is 4.11. The van der Waals surface area contributed by atoms with E-state index in [2.05, 4.69) is 20.8 Å². The molecule has 0 saturated heterocycles. The van der Waals surface area contributed by atoms with Crippen LogP contribution in [0.25, 0.3) is 0 Å². The lowest BCUT2D eigenvalue weighted by molar-refractivity contribution is -0.155. The van der Waals surface area contributed by atoms with Gasteiger partial charge in [-0.05, 0) is 80.0 Å². The van der Waals surface area contributed by atoms with E-state index in [1.165, 1.54) is 19.3 Å². The van der Waals surface area contributed by atoms with Crippen molar-refractivity contribution in [2.24, 2.45) is 40.4 Å². The number of ketones is 1. The van der Waals surface area contributed by atoms with Gasteiger partial charge in [0.2, 0.25) is 0 Å². The van der Waals surface area contributed by atoms with Crippen LogP contribution < -0.4 is 0 Å². The van der Waals surface area contributed by atoms with Gasteiger partial charge in [-0.25, -0.2) is 0 Å². The largest absolute Gasteiger partial charge is 0.393 e. The Morgan fingerprint density at radius 1 is 1.14 bits per heavy atom. The molecular formula is C20H32O2. The number of aliphatic hydroxyl groups is 1. The average molecular weight is 304 g/mol. The molecule has 4 rings (SSSR count). The first-order valence-electron chi connectivity index (χ1n) is 9.57. The molecule has 4 aliphatic carbocycles. The monoisotopic (exact) mass is 304 g/mol. The first-order chi connectivity index (χ1) is 10.4. The van der Waals surface area contributed by atoms with Gasteiger partial charge in [0.1, 0.15) is 5.78 Å². The van der Waals surface area contributed by atoms with Crippen molar-refractivity contribution in [2.45, 2.75) is 78.2 Å². The fraction of sp³-hybridized carbons (Fsp3) is 0.950. The van der Waals surface area contributed by atoms with Gasteiger partial charge in [-0.15, -0.1) is 0 Å². The summed E-state index contributed by atoms with van der Waals surface area (Å²) in [6.07, 6.45) is 8.81. The smallest absolute Gasteiger partial charge is 0.139 e. The maximum Gasteiger partial charge on any atom is 0.139 e. The van der Waals surface area contributed by atoms with Crippen LogP contribution in [0.2, 0.25) is 0 Å². The van der Waals surface area contributed by atoms with Crippen molar-refractivity contribution >= 4 is 5.78 Å². The van der Waals surface area contributed by atoms with Crippen molar-refractivity contribution in [1.82, 2.24) is 0 Å². The Balaban J connectivity index is 1.69. The van der Waals surface area contributed by atoms with E-state index in [0.29, 0.717) is 29.0 Å². The molecule has 0 aliphatic heterocycles. The van der Waals surface area contributed by atoms with Gasteiger partial charge in [0.25, 0.3) is 0 Å². The molecule has 4 aliphatic rings. The molecule has 0 aromatic rings. The molecule has 8 atom stereocenters. The van der Waals surface area contributed by atoms with E-state index in [9.17, 15) is 9.90 Å². The van der Waals surface area contributed by atoms with Gasteiger partial charge in [-0.3, -0.25) is 4.79 Å². The summed E-state index contributed by atoms with van der Waals surface area (Å²) in [7, 11) is 0. The Kier molecular flexibility index (Phi) is 3.32. The van der Waals surface area contributed by atoms with E-state index in [-0.39, 0.29) is 11.5 Å². The predicted octanol–water partition coefficient (Wildman–Crippen LogP) is 4.21. The second kappa shape index (κ2) is 4.82. The minimum atomic E-state index is -0.0631. The minimum absolute atomic E-state index is 0.0159. The zero-order valence-electron chi connectivity index (χ0n) is 14.5. The number of rotatable bonds is 0. The van der Waals surface area contributed by atoms with Crippen LogP contribution in [0, 0.1) is 40.4 Å². The molecule has 0 heterocycles. The molecule has 0 bridgehead atoms. The molecule has 22 heavy (non-hydrogen) atoms. The maximum atomic E-state index is 12.5. The molecule has 0 aromatic heterocycles. The Morgan fingerprint density at radius 3 is 2.68 bits per heavy atom. The number of hydrogen-bond donors (Lipinski definition) is 1. The molecule has 0 aromatic carbocycles. The summed E-state index contributed by atoms with van der Waals surface area (Å²) >= 11 is 0. The summed E-state index contributed by atoms with van der Waals surface area (Å²) < 4.78 is 0. The molecule has 2 nitrogen and oxygen atoms in total. The summed E-state index contributed by atoms with van der Waals surface area (Å²) in [4.78, 5) is 12.5. The number of carbonyl (C=O) groups excluding carboxylic acids is 1. The van der Waals surface area contributed by atoms with Gasteiger partial charge in [0, 0.05) is 11.8 Å². The first kappa shape index (κ1) is 15.2. The third kappa shape index (κ3) is 1.85. The number of hydrogen-bond acceptors (Lipinski definition) is 2. The van der Waals surface area contributed by atoms with Crippen LogP contribution in [0.5, 0.6) is 0 Å². The van der Waals surface area contributed by atoms with Gasteiger partial charge in [0.15, 0.2) is 0 Å². The zero-order chi connectivity index (χ0) is 15.7. The molecule has 0 spiro atoms. The van der Waals surface area contributed by atoms with Crippen molar-refractivity contribution in [3.8, 4) is 0 Å². The highest BCUT2D eigenvalue weighted by Crippen LogP contribution is 2.66. The number of carbonyl (C=O) groups is 1. The fourth-order valence-electron chi connectivity index (χ4n) is 7.71. The highest BCUT2D eigenvalue weighted by atomic mass is 16.3. The van der Waals surface area contributed by atoms with Crippen molar-refractivity contribution < 1.29 is 9.90 Å². The van der Waals surface area contributed by atoms with Crippen LogP contribution in [0.15, 0.2) is 0 Å². The quantitative estimate of drug-likeness (QED) is 0.728. The maximum absolute atomic E-state index is 12.5. The van der Waals surface area contributed by atoms with E-state index in [1.54, 1.807) is 0 Å². The van der Waals surface area contributed by atoms with Crippen LogP contribution in [0.1, 0.15) is 72.1 Å². The van der Waals surface area contributed by atoms with Crippen molar-refractivity contribution in [3.63, 3.8) is 0 Å². The topological polar surface area (TPSA) is 37.3 Å². The molecule has 124 valence electrons. The van der Waals surface area contributed by atoms with Gasteiger partial charge >= 0.3 is 0 Å². The third-order valence-electron chi connectivity index (χ3n) is 8.59. The van der Waals surface area contributed by atoms with Gasteiger partial charge in [-0.2, -0.15) is 0 Å². The zero-order valence-corrected chi connectivity index (χ0v) is 14.5. The number of aliphatic hydroxyl groups excluding tert-OH is 1. The normalized spacial score (nSPS) is 57.9. The van der Waals surface area contributed by atoms with Crippen molar-refractivity contribution in [1.29, 1.82) is 0 Å². The molecular weight excluding hydrogens is 272 g/mol. The highest BCUT2D eigenvalue weighted by molar-refractivity contribution is 5.87. The Labute approximate surface area is 135 Å². The van der Waals surface area contributed by atoms with E-state index >= 15 is 0 Å². The Hall–Kier alpha value is -0.370. The molecule has 2 heteroatoms. The summed E-state index contributed by atoms with van der Waals surface area (Å²) in [6, 6.07) is 0. The first-order valence-corrected chi connectivity index (χ1v) is 9.57. The minimum Gasteiger partial charge on any atom is -0.393 e. The molecule has 1 N–H and O–H groups in total. The second-order valence-corrected chi connectivity index (χ2v) is 9.57. The van der Waals surface area contributed by atoms with E-state index in [1.807, 2.05) is 0 Å². The Morgan fingerprint density at radius 2 is 1.91 bits per heavy atom. The highest BCUT2D eigenvalue weighted by Gasteiger charge is 2.62. The second-order valence-electron chi connectivity index (χ2n) is 9.57. The van der Waals surface area contributed by atoms with Crippen LogP contribution in [0.4, 0.5) is 0 Å². The van der Waals surface area contributed by atoms with E-state index in [0.717, 1.165) is 43.9 Å². The fourth-order valence-corrected chi connectivity index (χ4v) is 7.71. The summed E-state index contributed by atoms with van der Waals surface area (Å²) in [5, 5.41) is 10.1. The molecule has 4 fully saturated rings. The molecule has 0 amide bonds.